The molecule has 6 rings (SSSR count). The molecule has 144 valence electrons. The molecule has 0 saturated heterocycles. The van der Waals surface area contributed by atoms with E-state index >= 15 is 0 Å². The van der Waals surface area contributed by atoms with Gasteiger partial charge >= 0.3 is 0 Å². The Bertz CT molecular complexity index is 1020. The molecule has 3 heteroatoms. The van der Waals surface area contributed by atoms with Crippen LogP contribution in [0.3, 0.4) is 0 Å². The van der Waals surface area contributed by atoms with Gasteiger partial charge in [-0.25, -0.2) is 0 Å². The topological polar surface area (TPSA) is 38.7 Å². The molecule has 1 aliphatic carbocycles. The van der Waals surface area contributed by atoms with Gasteiger partial charge in [0, 0.05) is 0 Å². The number of ether oxygens (including phenoxy) is 2. The van der Waals surface area contributed by atoms with Crippen molar-refractivity contribution >= 4 is 6.08 Å². The second-order valence-electron chi connectivity index (χ2n) is 7.32. The molecule has 4 atom stereocenters. The van der Waals surface area contributed by atoms with Crippen molar-refractivity contribution in [2.24, 2.45) is 0 Å². The molecule has 0 spiro atoms. The quantitative estimate of drug-likeness (QED) is 0.590. The predicted molar refractivity (Wildman–Crippen MR) is 113 cm³/mol. The van der Waals surface area contributed by atoms with Crippen LogP contribution < -0.4 is 4.74 Å². The summed E-state index contributed by atoms with van der Waals surface area (Å²) in [6.45, 7) is 0. The Morgan fingerprint density at radius 3 is 1.93 bits per heavy atom. The van der Waals surface area contributed by atoms with Gasteiger partial charge in [0.05, 0.1) is 0 Å². The van der Waals surface area contributed by atoms with Crippen molar-refractivity contribution in [3.63, 3.8) is 0 Å². The van der Waals surface area contributed by atoms with Crippen LogP contribution in [0.15, 0.2) is 97.1 Å². The second kappa shape index (κ2) is 7.70. The van der Waals surface area contributed by atoms with Crippen LogP contribution >= 0.6 is 0 Å². The van der Waals surface area contributed by atoms with E-state index in [-0.39, 0.29) is 18.3 Å². The molecule has 0 fully saturated rings. The Hall–Kier alpha value is -3.14. The Kier molecular flexibility index (Phi) is 4.76. The molecule has 0 saturated carbocycles. The van der Waals surface area contributed by atoms with Gasteiger partial charge in [-0.2, -0.15) is 0 Å². The minimum absolute atomic E-state index is 0.246. The first-order valence-electron chi connectivity index (χ1n) is 9.89. The maximum Gasteiger partial charge on any atom is 0.147 e. The van der Waals surface area contributed by atoms with Crippen LogP contribution in [0.5, 0.6) is 5.75 Å². The molecule has 0 amide bonds. The lowest BCUT2D eigenvalue weighted by molar-refractivity contribution is 0.0623. The summed E-state index contributed by atoms with van der Waals surface area (Å²) in [6, 6.07) is 25.8. The molecule has 1 N–H and O–H groups in total. The summed E-state index contributed by atoms with van der Waals surface area (Å²) in [7, 11) is 0. The lowest BCUT2D eigenvalue weighted by atomic mass is 9.93. The summed E-state index contributed by atoms with van der Waals surface area (Å²) < 4.78 is 11.4. The van der Waals surface area contributed by atoms with Crippen LogP contribution in [0.4, 0.5) is 0 Å². The summed E-state index contributed by atoms with van der Waals surface area (Å²) >= 11 is 0. The van der Waals surface area contributed by atoms with Gasteiger partial charge in [-0.05, 0) is 40.5 Å². The van der Waals surface area contributed by atoms with E-state index in [9.17, 15) is 5.11 Å². The van der Waals surface area contributed by atoms with Crippen LogP contribution in [0.25, 0.3) is 6.08 Å². The Morgan fingerprint density at radius 1 is 0.655 bits per heavy atom. The van der Waals surface area contributed by atoms with E-state index < -0.39 is 6.10 Å². The molecule has 3 aliphatic rings. The highest BCUT2D eigenvalue weighted by Crippen LogP contribution is 2.45. The van der Waals surface area contributed by atoms with Crippen molar-refractivity contribution < 1.29 is 14.6 Å². The van der Waals surface area contributed by atoms with Crippen molar-refractivity contribution in [1.29, 1.82) is 0 Å². The van der Waals surface area contributed by atoms with Crippen molar-refractivity contribution in [3.05, 3.63) is 119 Å². The summed E-state index contributed by atoms with van der Waals surface area (Å²) in [4.78, 5) is 0. The molecule has 3 nitrogen and oxygen atoms in total. The average Bonchev–Trinajstić information content (AvgIpc) is 3.40. The van der Waals surface area contributed by atoms with Crippen molar-refractivity contribution in [2.75, 3.05) is 0 Å². The Labute approximate surface area is 170 Å². The Balaban J connectivity index is 0.000000140. The van der Waals surface area contributed by atoms with E-state index in [0.29, 0.717) is 0 Å². The van der Waals surface area contributed by atoms with E-state index in [1.165, 1.54) is 11.1 Å². The number of hydrogen-bond donors (Lipinski definition) is 1. The van der Waals surface area contributed by atoms with Crippen LogP contribution in [0.2, 0.25) is 0 Å². The zero-order valence-electron chi connectivity index (χ0n) is 15.9. The van der Waals surface area contributed by atoms with Gasteiger partial charge in [0.1, 0.15) is 30.2 Å². The number of aliphatic hydroxyl groups is 1. The van der Waals surface area contributed by atoms with Crippen molar-refractivity contribution in [1.82, 2.24) is 0 Å². The van der Waals surface area contributed by atoms with E-state index in [1.54, 1.807) is 0 Å². The average molecular weight is 382 g/mol. The van der Waals surface area contributed by atoms with Gasteiger partial charge < -0.3 is 14.6 Å². The van der Waals surface area contributed by atoms with E-state index in [2.05, 4.69) is 36.4 Å². The maximum absolute atomic E-state index is 10.3. The second-order valence-corrected chi connectivity index (χ2v) is 7.32. The van der Waals surface area contributed by atoms with Crippen LogP contribution in [-0.2, 0) is 4.74 Å². The molecule has 2 bridgehead atoms. The number of hydrogen-bond acceptors (Lipinski definition) is 3. The van der Waals surface area contributed by atoms with Gasteiger partial charge in [0.2, 0.25) is 0 Å². The SMILES string of the molecule is C1=CC2OC1c1ccccc12.O[C@H]1c2ccccc2C=C[C@@H]1Oc1ccccc1. The van der Waals surface area contributed by atoms with E-state index in [4.69, 9.17) is 9.47 Å². The normalized spacial score (nSPS) is 25.0. The fourth-order valence-electron chi connectivity index (χ4n) is 4.01. The van der Waals surface area contributed by atoms with Crippen LogP contribution in [0, 0.1) is 0 Å². The predicted octanol–water partition coefficient (Wildman–Crippen LogP) is 5.56. The van der Waals surface area contributed by atoms with E-state index in [1.807, 2.05) is 66.7 Å². The van der Waals surface area contributed by atoms with Crippen LogP contribution in [-0.4, -0.2) is 11.2 Å². The maximum atomic E-state index is 10.3. The molecule has 0 aromatic heterocycles. The first kappa shape index (κ1) is 17.9. The standard InChI is InChI=1S/C16H14O2.C10H8O/c17-16-14-9-5-4-6-12(14)10-11-15(16)18-13-7-2-1-3-8-13;1-2-4-8-7(3-1)9-5-6-10(8)11-9/h1-11,15-17H;1-6,9-10H/t15-,16-;/m0./s1. The lowest BCUT2D eigenvalue weighted by Crippen LogP contribution is -2.25. The zero-order valence-corrected chi connectivity index (χ0v) is 15.9. The minimum Gasteiger partial charge on any atom is -0.483 e. The van der Waals surface area contributed by atoms with Gasteiger partial charge in [-0.3, -0.25) is 0 Å². The number of fused-ring (bicyclic) bond motifs is 6. The van der Waals surface area contributed by atoms with Gasteiger partial charge in [0.15, 0.2) is 0 Å². The van der Waals surface area contributed by atoms with Gasteiger partial charge in [-0.15, -0.1) is 0 Å². The van der Waals surface area contributed by atoms with E-state index in [0.717, 1.165) is 16.9 Å². The molecular weight excluding hydrogens is 360 g/mol. The minimum atomic E-state index is -0.619. The highest BCUT2D eigenvalue weighted by molar-refractivity contribution is 5.58. The van der Waals surface area contributed by atoms with Crippen LogP contribution in [0.1, 0.15) is 40.6 Å². The third-order valence-electron chi connectivity index (χ3n) is 5.47. The smallest absolute Gasteiger partial charge is 0.147 e. The third-order valence-corrected chi connectivity index (χ3v) is 5.47. The molecule has 2 aliphatic heterocycles. The number of benzene rings is 3. The fraction of sp³-hybridized carbons (Fsp3) is 0.154. The lowest BCUT2D eigenvalue weighted by Gasteiger charge is -2.26. The van der Waals surface area contributed by atoms with Gasteiger partial charge in [0.25, 0.3) is 0 Å². The fourth-order valence-corrected chi connectivity index (χ4v) is 4.01. The summed E-state index contributed by atoms with van der Waals surface area (Å²) in [5.74, 6) is 0.769. The highest BCUT2D eigenvalue weighted by atomic mass is 16.5. The first-order chi connectivity index (χ1) is 14.3. The Morgan fingerprint density at radius 2 is 1.24 bits per heavy atom. The molecule has 3 aromatic rings. The zero-order chi connectivity index (χ0) is 19.6. The molecular formula is C26H22O3. The largest absolute Gasteiger partial charge is 0.483 e. The molecule has 2 heterocycles. The summed E-state index contributed by atoms with van der Waals surface area (Å²) in [5.41, 5.74) is 4.67. The third kappa shape index (κ3) is 3.51. The number of para-hydroxylation sites is 1. The highest BCUT2D eigenvalue weighted by Gasteiger charge is 2.32. The monoisotopic (exact) mass is 382 g/mol. The summed E-state index contributed by atoms with van der Waals surface area (Å²) in [6.07, 6.45) is 7.71. The first-order valence-corrected chi connectivity index (χ1v) is 9.89. The number of rotatable bonds is 2. The molecule has 29 heavy (non-hydrogen) atoms. The van der Waals surface area contributed by atoms with Crippen molar-refractivity contribution in [3.8, 4) is 5.75 Å². The summed E-state index contributed by atoms with van der Waals surface area (Å²) in [5, 5.41) is 10.3. The molecule has 2 unspecified atom stereocenters. The number of aliphatic hydroxyl groups excluding tert-OH is 1. The molecule has 0 radical (unpaired) electrons. The molecule has 3 aromatic carbocycles. The van der Waals surface area contributed by atoms with Crippen molar-refractivity contribution in [2.45, 2.75) is 24.4 Å². The van der Waals surface area contributed by atoms with Gasteiger partial charge in [-0.1, -0.05) is 85.0 Å².